The van der Waals surface area contributed by atoms with Crippen LogP contribution in [0.3, 0.4) is 0 Å². The third-order valence-electron chi connectivity index (χ3n) is 4.60. The number of hydrogen-bond donors (Lipinski definition) is 1. The maximum atomic E-state index is 5.74. The third kappa shape index (κ3) is 6.61. The normalized spacial score (nSPS) is 10.6. The molecule has 0 aliphatic rings. The van der Waals surface area contributed by atoms with Crippen molar-refractivity contribution in [2.24, 2.45) is 0 Å². The average molecular weight is 409 g/mol. The van der Waals surface area contributed by atoms with Crippen LogP contribution >= 0.6 is 12.2 Å². The molecule has 0 unspecified atom stereocenters. The van der Waals surface area contributed by atoms with Crippen LogP contribution in [0.15, 0.2) is 67.3 Å². The number of benzene rings is 2. The van der Waals surface area contributed by atoms with E-state index in [1.165, 1.54) is 11.1 Å². The Morgan fingerprint density at radius 1 is 1.14 bits per heavy atom. The van der Waals surface area contributed by atoms with Crippen LogP contribution < -0.4 is 10.1 Å². The van der Waals surface area contributed by atoms with Crippen LogP contribution in [0.25, 0.3) is 0 Å². The second-order valence-corrected chi connectivity index (χ2v) is 7.34. The molecule has 6 heteroatoms. The predicted molar refractivity (Wildman–Crippen MR) is 122 cm³/mol. The first-order chi connectivity index (χ1) is 14.1. The molecule has 29 heavy (non-hydrogen) atoms. The number of aryl methyl sites for hydroxylation is 2. The van der Waals surface area contributed by atoms with Crippen molar-refractivity contribution in [3.63, 3.8) is 0 Å². The molecule has 0 atom stereocenters. The number of rotatable bonds is 9. The van der Waals surface area contributed by atoms with Gasteiger partial charge in [-0.3, -0.25) is 0 Å². The number of nitrogens with zero attached hydrogens (tertiary/aromatic N) is 3. The van der Waals surface area contributed by atoms with Crippen LogP contribution in [0.1, 0.15) is 24.5 Å². The Bertz CT molecular complexity index is 876. The Hall–Kier alpha value is -2.86. The van der Waals surface area contributed by atoms with Gasteiger partial charge in [-0.15, -0.1) is 0 Å². The molecule has 0 fully saturated rings. The third-order valence-corrected chi connectivity index (χ3v) is 4.96. The molecule has 3 aromatic rings. The smallest absolute Gasteiger partial charge is 0.173 e. The molecule has 0 bridgehead atoms. The first-order valence-corrected chi connectivity index (χ1v) is 10.3. The summed E-state index contributed by atoms with van der Waals surface area (Å²) < 4.78 is 7.60. The van der Waals surface area contributed by atoms with E-state index in [1.807, 2.05) is 49.9 Å². The molecule has 1 aromatic heterocycles. The predicted octanol–water partition coefficient (Wildman–Crippen LogP) is 4.88. The highest BCUT2D eigenvalue weighted by Gasteiger charge is 2.11. The minimum absolute atomic E-state index is 0.659. The van der Waals surface area contributed by atoms with Gasteiger partial charge >= 0.3 is 0 Å². The van der Waals surface area contributed by atoms with E-state index in [9.17, 15) is 0 Å². The molecule has 0 aliphatic carbocycles. The molecule has 1 N–H and O–H groups in total. The lowest BCUT2D eigenvalue weighted by molar-refractivity contribution is 0.340. The van der Waals surface area contributed by atoms with Crippen molar-refractivity contribution < 1.29 is 4.74 Å². The van der Waals surface area contributed by atoms with Gasteiger partial charge in [-0.05, 0) is 62.3 Å². The lowest BCUT2D eigenvalue weighted by Crippen LogP contribution is -2.35. The number of thiocarbonyl (C=S) groups is 1. The summed E-state index contributed by atoms with van der Waals surface area (Å²) in [6, 6.07) is 16.5. The summed E-state index contributed by atoms with van der Waals surface area (Å²) in [7, 11) is 0. The van der Waals surface area contributed by atoms with Gasteiger partial charge in [0.2, 0.25) is 0 Å². The molecule has 0 spiro atoms. The number of ether oxygens (including phenoxy) is 1. The van der Waals surface area contributed by atoms with Gasteiger partial charge in [-0.1, -0.05) is 29.8 Å². The SMILES string of the molecule is CCOc1ccc(NC(=S)N(CCCn2ccnc2)Cc2ccc(C)cc2)cc1. The molecule has 2 aromatic carbocycles. The molecular weight excluding hydrogens is 380 g/mol. The lowest BCUT2D eigenvalue weighted by Gasteiger charge is -2.26. The van der Waals surface area contributed by atoms with Crippen molar-refractivity contribution in [2.45, 2.75) is 33.4 Å². The highest BCUT2D eigenvalue weighted by Crippen LogP contribution is 2.17. The van der Waals surface area contributed by atoms with E-state index in [1.54, 1.807) is 0 Å². The van der Waals surface area contributed by atoms with Crippen molar-refractivity contribution in [1.82, 2.24) is 14.5 Å². The van der Waals surface area contributed by atoms with Gasteiger partial charge in [-0.2, -0.15) is 0 Å². The summed E-state index contributed by atoms with van der Waals surface area (Å²) in [6.45, 7) is 7.28. The fraction of sp³-hybridized carbons (Fsp3) is 0.304. The monoisotopic (exact) mass is 408 g/mol. The Morgan fingerprint density at radius 2 is 1.90 bits per heavy atom. The molecule has 1 heterocycles. The fourth-order valence-electron chi connectivity index (χ4n) is 3.03. The molecule has 152 valence electrons. The molecule has 0 saturated heterocycles. The molecule has 5 nitrogen and oxygen atoms in total. The molecule has 0 saturated carbocycles. The molecule has 0 radical (unpaired) electrons. The zero-order valence-corrected chi connectivity index (χ0v) is 17.9. The number of anilines is 1. The van der Waals surface area contributed by atoms with Crippen LogP contribution in [0.4, 0.5) is 5.69 Å². The standard InChI is InChI=1S/C23H28N4OS/c1-3-28-22-11-9-21(10-12-22)25-23(29)27(15-4-14-26-16-13-24-18-26)17-20-7-5-19(2)6-8-20/h5-13,16,18H,3-4,14-15,17H2,1-2H3,(H,25,29). The zero-order chi connectivity index (χ0) is 20.5. The van der Waals surface area contributed by atoms with Gasteiger partial charge in [0.15, 0.2) is 5.11 Å². The van der Waals surface area contributed by atoms with Crippen LogP contribution in [0.5, 0.6) is 5.75 Å². The highest BCUT2D eigenvalue weighted by molar-refractivity contribution is 7.80. The Labute approximate surface area is 178 Å². The summed E-state index contributed by atoms with van der Waals surface area (Å²) in [5, 5.41) is 4.09. The average Bonchev–Trinajstić information content (AvgIpc) is 3.24. The topological polar surface area (TPSA) is 42.3 Å². The second-order valence-electron chi connectivity index (χ2n) is 6.95. The summed E-state index contributed by atoms with van der Waals surface area (Å²) in [5.74, 6) is 0.862. The minimum atomic E-state index is 0.659. The first kappa shape index (κ1) is 20.9. The number of imidazole rings is 1. The summed E-state index contributed by atoms with van der Waals surface area (Å²) >= 11 is 5.74. The van der Waals surface area contributed by atoms with Gasteiger partial charge in [0, 0.05) is 37.7 Å². The van der Waals surface area contributed by atoms with Gasteiger partial charge in [0.05, 0.1) is 12.9 Å². The maximum absolute atomic E-state index is 5.74. The van der Waals surface area contributed by atoms with Crippen molar-refractivity contribution in [3.8, 4) is 5.75 Å². The van der Waals surface area contributed by atoms with Crippen LogP contribution in [0, 0.1) is 6.92 Å². The van der Waals surface area contributed by atoms with Crippen molar-refractivity contribution >= 4 is 23.0 Å². The highest BCUT2D eigenvalue weighted by atomic mass is 32.1. The van der Waals surface area contributed by atoms with E-state index in [-0.39, 0.29) is 0 Å². The van der Waals surface area contributed by atoms with Gasteiger partial charge in [0.1, 0.15) is 5.75 Å². The number of aromatic nitrogens is 2. The van der Waals surface area contributed by atoms with Crippen LogP contribution in [0.2, 0.25) is 0 Å². The fourth-order valence-corrected chi connectivity index (χ4v) is 3.31. The molecule has 0 aliphatic heterocycles. The Balaban J connectivity index is 1.64. The number of hydrogen-bond acceptors (Lipinski definition) is 3. The summed E-state index contributed by atoms with van der Waals surface area (Å²) in [5.41, 5.74) is 3.46. The largest absolute Gasteiger partial charge is 0.494 e. The van der Waals surface area contributed by atoms with E-state index in [2.05, 4.69) is 51.0 Å². The van der Waals surface area contributed by atoms with E-state index >= 15 is 0 Å². The Morgan fingerprint density at radius 3 is 2.55 bits per heavy atom. The van der Waals surface area contributed by atoms with Gasteiger partial charge < -0.3 is 19.5 Å². The zero-order valence-electron chi connectivity index (χ0n) is 17.0. The van der Waals surface area contributed by atoms with Gasteiger partial charge in [0.25, 0.3) is 0 Å². The maximum Gasteiger partial charge on any atom is 0.173 e. The first-order valence-electron chi connectivity index (χ1n) is 9.94. The molecule has 3 rings (SSSR count). The van der Waals surface area contributed by atoms with Gasteiger partial charge in [-0.25, -0.2) is 4.98 Å². The minimum Gasteiger partial charge on any atom is -0.494 e. The second kappa shape index (κ2) is 10.6. The van der Waals surface area contributed by atoms with E-state index in [4.69, 9.17) is 17.0 Å². The van der Waals surface area contributed by atoms with Crippen molar-refractivity contribution in [1.29, 1.82) is 0 Å². The van der Waals surface area contributed by atoms with Crippen molar-refractivity contribution in [3.05, 3.63) is 78.4 Å². The summed E-state index contributed by atoms with van der Waals surface area (Å²) in [6.07, 6.45) is 6.62. The molecule has 0 amide bonds. The van der Waals surface area contributed by atoms with E-state index in [0.29, 0.717) is 6.61 Å². The van der Waals surface area contributed by atoms with E-state index < -0.39 is 0 Å². The summed E-state index contributed by atoms with van der Waals surface area (Å²) in [4.78, 5) is 6.32. The van der Waals surface area contributed by atoms with Crippen molar-refractivity contribution in [2.75, 3.05) is 18.5 Å². The lowest BCUT2D eigenvalue weighted by atomic mass is 10.1. The quantitative estimate of drug-likeness (QED) is 0.511. The van der Waals surface area contributed by atoms with E-state index in [0.717, 1.165) is 42.6 Å². The Kier molecular flexibility index (Phi) is 7.64. The van der Waals surface area contributed by atoms with Crippen LogP contribution in [-0.2, 0) is 13.1 Å². The number of nitrogens with one attached hydrogen (secondary N) is 1. The molecular formula is C23H28N4OS. The van der Waals surface area contributed by atoms with Crippen LogP contribution in [-0.4, -0.2) is 32.7 Å².